The zero-order valence-corrected chi connectivity index (χ0v) is 13.3. The molecule has 20 heavy (non-hydrogen) atoms. The van der Waals surface area contributed by atoms with Gasteiger partial charge in [-0.2, -0.15) is 0 Å². The average Bonchev–Trinajstić information content (AvgIpc) is 2.96. The van der Waals surface area contributed by atoms with Crippen LogP contribution in [0.1, 0.15) is 24.2 Å². The Morgan fingerprint density at radius 1 is 1.50 bits per heavy atom. The van der Waals surface area contributed by atoms with Crippen LogP contribution in [0.3, 0.4) is 0 Å². The topological polar surface area (TPSA) is 52.5 Å². The molecule has 2 N–H and O–H groups in total. The number of benzene rings is 1. The highest BCUT2D eigenvalue weighted by molar-refractivity contribution is 9.10. The zero-order chi connectivity index (χ0) is 14.1. The molecule has 0 spiro atoms. The van der Waals surface area contributed by atoms with Gasteiger partial charge < -0.3 is 10.5 Å². The van der Waals surface area contributed by atoms with Crippen molar-refractivity contribution in [2.24, 2.45) is 5.73 Å². The molecule has 0 aliphatic carbocycles. The largest absolute Gasteiger partial charge is 0.487 e. The fourth-order valence-electron chi connectivity index (χ4n) is 2.01. The Kier molecular flexibility index (Phi) is 3.78. The first-order chi connectivity index (χ1) is 9.63. The van der Waals surface area contributed by atoms with Crippen molar-refractivity contribution in [3.8, 4) is 5.75 Å². The number of ether oxygens (including phenoxy) is 1. The van der Waals surface area contributed by atoms with Gasteiger partial charge in [0.15, 0.2) is 4.96 Å². The fourth-order valence-corrected chi connectivity index (χ4v) is 3.07. The van der Waals surface area contributed by atoms with Crippen LogP contribution in [0.25, 0.3) is 4.96 Å². The number of rotatable bonds is 4. The van der Waals surface area contributed by atoms with Crippen LogP contribution in [0, 0.1) is 0 Å². The van der Waals surface area contributed by atoms with E-state index >= 15 is 0 Å². The van der Waals surface area contributed by atoms with Crippen molar-refractivity contribution >= 4 is 32.2 Å². The Bertz CT molecular complexity index is 706. The van der Waals surface area contributed by atoms with Crippen LogP contribution >= 0.6 is 27.3 Å². The van der Waals surface area contributed by atoms with Crippen molar-refractivity contribution in [1.82, 2.24) is 9.38 Å². The van der Waals surface area contributed by atoms with E-state index in [1.54, 1.807) is 11.3 Å². The monoisotopic (exact) mass is 351 g/mol. The molecule has 4 nitrogen and oxygen atoms in total. The van der Waals surface area contributed by atoms with Gasteiger partial charge in [-0.1, -0.05) is 22.0 Å². The first kappa shape index (κ1) is 13.6. The Morgan fingerprint density at radius 2 is 2.35 bits per heavy atom. The van der Waals surface area contributed by atoms with E-state index < -0.39 is 0 Å². The van der Waals surface area contributed by atoms with Crippen molar-refractivity contribution in [3.63, 3.8) is 0 Å². The molecule has 0 aliphatic rings. The van der Waals surface area contributed by atoms with Crippen LogP contribution in [0.5, 0.6) is 5.75 Å². The highest BCUT2D eigenvalue weighted by Crippen LogP contribution is 2.28. The molecular weight excluding hydrogens is 338 g/mol. The van der Waals surface area contributed by atoms with Gasteiger partial charge in [-0.25, -0.2) is 4.98 Å². The van der Waals surface area contributed by atoms with Crippen molar-refractivity contribution in [3.05, 3.63) is 51.7 Å². The second-order valence-electron chi connectivity index (χ2n) is 4.58. The summed E-state index contributed by atoms with van der Waals surface area (Å²) in [5.41, 5.74) is 7.87. The molecule has 3 aromatic rings. The van der Waals surface area contributed by atoms with E-state index in [4.69, 9.17) is 10.5 Å². The van der Waals surface area contributed by atoms with E-state index in [9.17, 15) is 0 Å². The molecule has 3 rings (SSSR count). The predicted octanol–water partition coefficient (Wildman–Crippen LogP) is 3.76. The van der Waals surface area contributed by atoms with Gasteiger partial charge in [-0.15, -0.1) is 11.3 Å². The summed E-state index contributed by atoms with van der Waals surface area (Å²) in [6, 6.07) is 5.83. The van der Waals surface area contributed by atoms with E-state index in [1.807, 2.05) is 47.3 Å². The van der Waals surface area contributed by atoms with Gasteiger partial charge in [0.05, 0.1) is 5.69 Å². The van der Waals surface area contributed by atoms with Crippen molar-refractivity contribution in [2.75, 3.05) is 0 Å². The van der Waals surface area contributed by atoms with Crippen molar-refractivity contribution in [1.29, 1.82) is 0 Å². The first-order valence-corrected chi connectivity index (χ1v) is 7.89. The maximum atomic E-state index is 5.96. The minimum absolute atomic E-state index is 0.0661. The summed E-state index contributed by atoms with van der Waals surface area (Å²) in [7, 11) is 0. The first-order valence-electron chi connectivity index (χ1n) is 6.22. The lowest BCUT2D eigenvalue weighted by molar-refractivity contribution is 0.297. The third-order valence-electron chi connectivity index (χ3n) is 2.98. The molecule has 1 aromatic carbocycles. The molecule has 104 valence electrons. The summed E-state index contributed by atoms with van der Waals surface area (Å²) < 4.78 is 8.85. The summed E-state index contributed by atoms with van der Waals surface area (Å²) in [6.07, 6.45) is 3.97. The third-order valence-corrected chi connectivity index (χ3v) is 4.25. The molecule has 0 amide bonds. The van der Waals surface area contributed by atoms with Crippen LogP contribution < -0.4 is 10.5 Å². The molecule has 0 saturated carbocycles. The minimum Gasteiger partial charge on any atom is -0.487 e. The Morgan fingerprint density at radius 3 is 3.10 bits per heavy atom. The molecule has 0 aliphatic heterocycles. The molecule has 2 aromatic heterocycles. The number of imidazole rings is 1. The van der Waals surface area contributed by atoms with E-state index in [2.05, 4.69) is 20.9 Å². The summed E-state index contributed by atoms with van der Waals surface area (Å²) in [4.78, 5) is 5.48. The Labute approximate surface area is 129 Å². The molecule has 1 atom stereocenters. The number of thiazole rings is 1. The molecule has 2 heterocycles. The number of hydrogen-bond donors (Lipinski definition) is 1. The van der Waals surface area contributed by atoms with Crippen LogP contribution in [0.4, 0.5) is 0 Å². The lowest BCUT2D eigenvalue weighted by atomic mass is 10.1. The maximum absolute atomic E-state index is 5.96. The average molecular weight is 352 g/mol. The number of nitrogens with two attached hydrogens (primary N) is 1. The quantitative estimate of drug-likeness (QED) is 0.778. The highest BCUT2D eigenvalue weighted by Gasteiger charge is 2.10. The van der Waals surface area contributed by atoms with Gasteiger partial charge in [-0.05, 0) is 19.1 Å². The molecular formula is C14H14BrN3OS. The number of aromatic nitrogens is 2. The number of halogens is 1. The third kappa shape index (κ3) is 2.72. The van der Waals surface area contributed by atoms with Crippen LogP contribution in [-0.4, -0.2) is 9.38 Å². The van der Waals surface area contributed by atoms with Gasteiger partial charge >= 0.3 is 0 Å². The summed E-state index contributed by atoms with van der Waals surface area (Å²) in [6.45, 7) is 2.38. The Hall–Kier alpha value is -1.37. The summed E-state index contributed by atoms with van der Waals surface area (Å²) >= 11 is 5.06. The van der Waals surface area contributed by atoms with Gasteiger partial charge in [0.2, 0.25) is 0 Å². The lowest BCUT2D eigenvalue weighted by Gasteiger charge is -2.13. The molecule has 0 bridgehead atoms. The smallest absolute Gasteiger partial charge is 0.193 e. The van der Waals surface area contributed by atoms with Crippen LogP contribution in [0.2, 0.25) is 0 Å². The van der Waals surface area contributed by atoms with Gasteiger partial charge in [-0.3, -0.25) is 4.40 Å². The van der Waals surface area contributed by atoms with Gasteiger partial charge in [0.25, 0.3) is 0 Å². The minimum atomic E-state index is -0.0661. The molecule has 0 radical (unpaired) electrons. The van der Waals surface area contributed by atoms with Gasteiger partial charge in [0, 0.05) is 33.9 Å². The van der Waals surface area contributed by atoms with Crippen molar-refractivity contribution in [2.45, 2.75) is 19.6 Å². The van der Waals surface area contributed by atoms with E-state index in [0.29, 0.717) is 6.61 Å². The highest BCUT2D eigenvalue weighted by atomic mass is 79.9. The Balaban J connectivity index is 1.80. The van der Waals surface area contributed by atoms with Gasteiger partial charge in [0.1, 0.15) is 12.4 Å². The SMILES string of the molecule is C[C@H](N)c1ccc(Br)cc1OCc1cn2ccsc2n1. The number of fused-ring (bicyclic) bond motifs is 1. The molecule has 6 heteroatoms. The van der Waals surface area contributed by atoms with Crippen molar-refractivity contribution < 1.29 is 4.74 Å². The van der Waals surface area contributed by atoms with E-state index in [1.165, 1.54) is 0 Å². The molecule has 0 fully saturated rings. The maximum Gasteiger partial charge on any atom is 0.193 e. The van der Waals surface area contributed by atoms with E-state index in [0.717, 1.165) is 26.4 Å². The van der Waals surface area contributed by atoms with E-state index in [-0.39, 0.29) is 6.04 Å². The zero-order valence-electron chi connectivity index (χ0n) is 10.9. The number of hydrogen-bond acceptors (Lipinski definition) is 4. The van der Waals surface area contributed by atoms with Crippen LogP contribution in [0.15, 0.2) is 40.4 Å². The predicted molar refractivity (Wildman–Crippen MR) is 84.1 cm³/mol. The lowest BCUT2D eigenvalue weighted by Crippen LogP contribution is -2.08. The molecule has 0 unspecified atom stereocenters. The summed E-state index contributed by atoms with van der Waals surface area (Å²) in [5, 5.41) is 2.01. The normalized spacial score (nSPS) is 12.8. The second kappa shape index (κ2) is 5.55. The summed E-state index contributed by atoms with van der Waals surface area (Å²) in [5.74, 6) is 0.797. The fraction of sp³-hybridized carbons (Fsp3) is 0.214. The number of nitrogens with zero attached hydrogens (tertiary/aromatic N) is 2. The second-order valence-corrected chi connectivity index (χ2v) is 6.37. The standard InChI is InChI=1S/C14H14BrN3OS/c1-9(16)12-3-2-10(15)6-13(12)19-8-11-7-18-4-5-20-14(18)17-11/h2-7,9H,8,16H2,1H3/t9-/m0/s1. The van der Waals surface area contributed by atoms with Crippen LogP contribution in [-0.2, 0) is 6.61 Å². The molecule has 0 saturated heterocycles.